The van der Waals surface area contributed by atoms with Gasteiger partial charge in [-0.05, 0) is 25.0 Å². The molecule has 2 rings (SSSR count). The number of hydrazone groups is 1. The number of amides is 1. The maximum absolute atomic E-state index is 11.9. The van der Waals surface area contributed by atoms with Crippen LogP contribution in [0.4, 0.5) is 5.69 Å². The fourth-order valence-electron chi connectivity index (χ4n) is 2.12. The largest absolute Gasteiger partial charge is 0.295 e. The molecule has 0 heterocycles. The molecule has 0 aliphatic carbocycles. The van der Waals surface area contributed by atoms with E-state index in [0.717, 1.165) is 5.56 Å². The second-order valence-corrected chi connectivity index (χ2v) is 5.47. The van der Waals surface area contributed by atoms with Gasteiger partial charge in [-0.1, -0.05) is 36.4 Å². The number of hydrogen-bond donors (Lipinski definition) is 1. The molecule has 2 aromatic carbocycles. The Hall–Kier alpha value is -3.35. The van der Waals surface area contributed by atoms with Gasteiger partial charge in [0.25, 0.3) is 5.69 Å². The van der Waals surface area contributed by atoms with Crippen molar-refractivity contribution in [2.75, 3.05) is 0 Å². The zero-order valence-electron chi connectivity index (χ0n) is 13.9. The average molecular weight is 339 g/mol. The molecule has 1 amide bonds. The van der Waals surface area contributed by atoms with Crippen LogP contribution in [0.3, 0.4) is 0 Å². The SMILES string of the molecule is CC(=O)c1ccc(C(C)=NNC(=O)Cc2ccc([N+](=O)[O-])cc2)cc1. The number of nitro groups is 1. The van der Waals surface area contributed by atoms with Crippen molar-refractivity contribution >= 4 is 23.1 Å². The second kappa shape index (κ2) is 7.96. The highest BCUT2D eigenvalue weighted by Crippen LogP contribution is 2.12. The smallest absolute Gasteiger partial charge is 0.269 e. The van der Waals surface area contributed by atoms with E-state index in [1.807, 2.05) is 0 Å². The second-order valence-electron chi connectivity index (χ2n) is 5.47. The molecule has 1 N–H and O–H groups in total. The van der Waals surface area contributed by atoms with Crippen molar-refractivity contribution in [1.82, 2.24) is 5.43 Å². The maximum atomic E-state index is 11.9. The minimum Gasteiger partial charge on any atom is -0.295 e. The molecule has 0 aliphatic rings. The first-order valence-electron chi connectivity index (χ1n) is 7.54. The van der Waals surface area contributed by atoms with E-state index in [2.05, 4.69) is 10.5 Å². The Morgan fingerprint density at radius 3 is 2.08 bits per heavy atom. The number of nitrogens with one attached hydrogen (secondary N) is 1. The number of nitrogens with zero attached hydrogens (tertiary/aromatic N) is 2. The molecule has 128 valence electrons. The van der Waals surface area contributed by atoms with E-state index in [1.54, 1.807) is 31.2 Å². The summed E-state index contributed by atoms with van der Waals surface area (Å²) in [6.45, 7) is 3.24. The molecular weight excluding hydrogens is 322 g/mol. The van der Waals surface area contributed by atoms with Crippen LogP contribution in [0.2, 0.25) is 0 Å². The number of carbonyl (C=O) groups excluding carboxylic acids is 2. The van der Waals surface area contributed by atoms with Crippen molar-refractivity contribution in [3.63, 3.8) is 0 Å². The molecule has 0 unspecified atom stereocenters. The lowest BCUT2D eigenvalue weighted by atomic mass is 10.1. The number of hydrogen-bond acceptors (Lipinski definition) is 5. The first-order valence-corrected chi connectivity index (χ1v) is 7.54. The summed E-state index contributed by atoms with van der Waals surface area (Å²) in [4.78, 5) is 33.3. The van der Waals surface area contributed by atoms with Crippen LogP contribution in [0.5, 0.6) is 0 Å². The van der Waals surface area contributed by atoms with Crippen LogP contribution in [0.15, 0.2) is 53.6 Å². The number of rotatable bonds is 6. The third-order valence-electron chi connectivity index (χ3n) is 3.57. The number of nitro benzene ring substituents is 1. The molecular formula is C18H17N3O4. The van der Waals surface area contributed by atoms with Crippen molar-refractivity contribution in [3.05, 3.63) is 75.3 Å². The molecule has 0 spiro atoms. The van der Waals surface area contributed by atoms with Gasteiger partial charge in [0.2, 0.25) is 5.91 Å². The predicted molar refractivity (Wildman–Crippen MR) is 93.6 cm³/mol. The van der Waals surface area contributed by atoms with Crippen LogP contribution in [-0.4, -0.2) is 22.3 Å². The first-order chi connectivity index (χ1) is 11.9. The Kier molecular flexibility index (Phi) is 5.73. The summed E-state index contributed by atoms with van der Waals surface area (Å²) in [6, 6.07) is 12.7. The van der Waals surface area contributed by atoms with Crippen LogP contribution in [0.25, 0.3) is 0 Å². The Labute approximate surface area is 144 Å². The average Bonchev–Trinajstić information content (AvgIpc) is 2.60. The topological polar surface area (TPSA) is 102 Å². The molecule has 0 saturated heterocycles. The number of non-ortho nitro benzene ring substituents is 1. The van der Waals surface area contributed by atoms with Crippen molar-refractivity contribution in [2.45, 2.75) is 20.3 Å². The first kappa shape index (κ1) is 18.0. The van der Waals surface area contributed by atoms with Gasteiger partial charge >= 0.3 is 0 Å². The molecule has 2 aromatic rings. The van der Waals surface area contributed by atoms with Gasteiger partial charge in [0, 0.05) is 17.7 Å². The highest BCUT2D eigenvalue weighted by molar-refractivity contribution is 6.00. The monoisotopic (exact) mass is 339 g/mol. The third kappa shape index (κ3) is 5.07. The summed E-state index contributed by atoms with van der Waals surface area (Å²) in [5, 5.41) is 14.6. The van der Waals surface area contributed by atoms with Gasteiger partial charge in [-0.3, -0.25) is 19.7 Å². The normalized spacial score (nSPS) is 11.0. The maximum Gasteiger partial charge on any atom is 0.269 e. The fourth-order valence-corrected chi connectivity index (χ4v) is 2.12. The van der Waals surface area contributed by atoms with Crippen molar-refractivity contribution < 1.29 is 14.5 Å². The molecule has 7 nitrogen and oxygen atoms in total. The Morgan fingerprint density at radius 2 is 1.56 bits per heavy atom. The zero-order valence-corrected chi connectivity index (χ0v) is 13.9. The lowest BCUT2D eigenvalue weighted by Gasteiger charge is -2.04. The number of carbonyl (C=O) groups is 2. The van der Waals surface area contributed by atoms with E-state index in [-0.39, 0.29) is 23.8 Å². The van der Waals surface area contributed by atoms with Gasteiger partial charge in [0.1, 0.15) is 0 Å². The van der Waals surface area contributed by atoms with Crippen LogP contribution in [-0.2, 0) is 11.2 Å². The predicted octanol–water partition coefficient (Wildman–Crippen LogP) is 2.88. The summed E-state index contributed by atoms with van der Waals surface area (Å²) in [7, 11) is 0. The summed E-state index contributed by atoms with van der Waals surface area (Å²) in [6.07, 6.45) is 0.0675. The summed E-state index contributed by atoms with van der Waals surface area (Å²) >= 11 is 0. The van der Waals surface area contributed by atoms with Crippen LogP contribution in [0, 0.1) is 10.1 Å². The molecule has 7 heteroatoms. The molecule has 0 aliphatic heterocycles. The quantitative estimate of drug-likeness (QED) is 0.378. The van der Waals surface area contributed by atoms with Gasteiger partial charge < -0.3 is 0 Å². The van der Waals surface area contributed by atoms with Gasteiger partial charge in [0.05, 0.1) is 17.1 Å². The Bertz CT molecular complexity index is 824. The van der Waals surface area contributed by atoms with Gasteiger partial charge in [0.15, 0.2) is 5.78 Å². The molecule has 0 saturated carbocycles. The summed E-state index contributed by atoms with van der Waals surface area (Å²) < 4.78 is 0. The lowest BCUT2D eigenvalue weighted by molar-refractivity contribution is -0.384. The van der Waals surface area contributed by atoms with Crippen molar-refractivity contribution in [3.8, 4) is 0 Å². The van der Waals surface area contributed by atoms with Crippen molar-refractivity contribution in [1.29, 1.82) is 0 Å². The molecule has 0 radical (unpaired) electrons. The van der Waals surface area contributed by atoms with E-state index in [0.29, 0.717) is 16.8 Å². The molecule has 0 bridgehead atoms. The zero-order chi connectivity index (χ0) is 18.4. The van der Waals surface area contributed by atoms with Crippen LogP contribution in [0.1, 0.15) is 35.3 Å². The van der Waals surface area contributed by atoms with Crippen LogP contribution < -0.4 is 5.43 Å². The van der Waals surface area contributed by atoms with E-state index in [4.69, 9.17) is 0 Å². The molecule has 0 aromatic heterocycles. The number of benzene rings is 2. The van der Waals surface area contributed by atoms with Gasteiger partial charge in [-0.25, -0.2) is 5.43 Å². The lowest BCUT2D eigenvalue weighted by Crippen LogP contribution is -2.21. The molecule has 0 atom stereocenters. The van der Waals surface area contributed by atoms with Gasteiger partial charge in [-0.2, -0.15) is 5.10 Å². The summed E-state index contributed by atoms with van der Waals surface area (Å²) in [5.41, 5.74) is 5.09. The standard InChI is InChI=1S/C18H17N3O4/c1-12(15-5-7-16(8-6-15)13(2)22)19-20-18(23)11-14-3-9-17(10-4-14)21(24)25/h3-10H,11H2,1-2H3,(H,20,23). The highest BCUT2D eigenvalue weighted by Gasteiger charge is 2.07. The van der Waals surface area contributed by atoms with Crippen molar-refractivity contribution in [2.24, 2.45) is 5.10 Å². The number of ketones is 1. The summed E-state index contributed by atoms with van der Waals surface area (Å²) in [5.74, 6) is -0.342. The van der Waals surface area contributed by atoms with E-state index < -0.39 is 4.92 Å². The minimum atomic E-state index is -0.491. The fraction of sp³-hybridized carbons (Fsp3) is 0.167. The minimum absolute atomic E-state index is 0.0162. The van der Waals surface area contributed by atoms with E-state index in [9.17, 15) is 19.7 Å². The molecule has 25 heavy (non-hydrogen) atoms. The highest BCUT2D eigenvalue weighted by atomic mass is 16.6. The van der Waals surface area contributed by atoms with Crippen LogP contribution >= 0.6 is 0 Å². The third-order valence-corrected chi connectivity index (χ3v) is 3.57. The Balaban J connectivity index is 1.96. The molecule has 0 fully saturated rings. The number of Topliss-reactive ketones (excluding diaryl/α,β-unsaturated/α-hetero) is 1. The Morgan fingerprint density at radius 1 is 1.00 bits per heavy atom. The van der Waals surface area contributed by atoms with E-state index in [1.165, 1.54) is 31.2 Å². The van der Waals surface area contributed by atoms with E-state index >= 15 is 0 Å². The van der Waals surface area contributed by atoms with Gasteiger partial charge in [-0.15, -0.1) is 0 Å².